The van der Waals surface area contributed by atoms with Gasteiger partial charge in [-0.15, -0.1) is 0 Å². The van der Waals surface area contributed by atoms with Crippen molar-refractivity contribution in [3.05, 3.63) is 34.3 Å². The molecule has 21 heavy (non-hydrogen) atoms. The lowest BCUT2D eigenvalue weighted by atomic mass is 9.71. The van der Waals surface area contributed by atoms with Gasteiger partial charge in [0.1, 0.15) is 0 Å². The molecule has 0 bridgehead atoms. The number of nitrogens with one attached hydrogen (secondary N) is 1. The van der Waals surface area contributed by atoms with Crippen LogP contribution in [0.2, 0.25) is 5.02 Å². The maximum absolute atomic E-state index is 12.2. The zero-order chi connectivity index (χ0) is 15.7. The van der Waals surface area contributed by atoms with Gasteiger partial charge < -0.3 is 10.4 Å². The van der Waals surface area contributed by atoms with Crippen molar-refractivity contribution >= 4 is 17.5 Å². The summed E-state index contributed by atoms with van der Waals surface area (Å²) in [5.74, 6) is -0.220. The number of aliphatic hydroxyl groups is 1. The third kappa shape index (κ3) is 3.98. The van der Waals surface area contributed by atoms with Gasteiger partial charge in [0, 0.05) is 6.54 Å². The molecule has 0 saturated heterocycles. The summed E-state index contributed by atoms with van der Waals surface area (Å²) in [6.07, 6.45) is 3.40. The summed E-state index contributed by atoms with van der Waals surface area (Å²) in [5.41, 5.74) is 0.844. The van der Waals surface area contributed by atoms with Gasteiger partial charge in [0.15, 0.2) is 0 Å². The molecule has 2 N–H and O–H groups in total. The van der Waals surface area contributed by atoms with Gasteiger partial charge in [-0.3, -0.25) is 4.79 Å². The summed E-state index contributed by atoms with van der Waals surface area (Å²) in [6.45, 7) is 6.59. The fraction of sp³-hybridized carbons (Fsp3) is 0.588. The molecule has 3 nitrogen and oxygen atoms in total. The van der Waals surface area contributed by atoms with Gasteiger partial charge >= 0.3 is 0 Å². The molecule has 0 aromatic heterocycles. The van der Waals surface area contributed by atoms with E-state index in [9.17, 15) is 9.90 Å². The van der Waals surface area contributed by atoms with Crippen LogP contribution in [0.4, 0.5) is 0 Å². The molecule has 0 heterocycles. The summed E-state index contributed by atoms with van der Waals surface area (Å²) in [7, 11) is 0. The van der Waals surface area contributed by atoms with Crippen molar-refractivity contribution in [3.8, 4) is 0 Å². The lowest BCUT2D eigenvalue weighted by Gasteiger charge is -2.40. The Kier molecular flexibility index (Phi) is 4.64. The fourth-order valence-corrected chi connectivity index (χ4v) is 2.94. The molecule has 1 amide bonds. The highest BCUT2D eigenvalue weighted by Gasteiger charge is 2.36. The summed E-state index contributed by atoms with van der Waals surface area (Å²) >= 11 is 6.16. The Morgan fingerprint density at radius 3 is 2.52 bits per heavy atom. The normalized spacial score (nSPS) is 20.0. The number of halogens is 1. The van der Waals surface area contributed by atoms with E-state index < -0.39 is 5.60 Å². The van der Waals surface area contributed by atoms with Gasteiger partial charge in [-0.05, 0) is 49.7 Å². The highest BCUT2D eigenvalue weighted by atomic mass is 35.5. The summed E-state index contributed by atoms with van der Waals surface area (Å²) in [5, 5.41) is 13.9. The number of hydrogen-bond donors (Lipinski definition) is 2. The van der Waals surface area contributed by atoms with Crippen molar-refractivity contribution in [2.24, 2.45) is 5.41 Å². The SMILES string of the molecule is Cc1cccc(C(=O)NCC2(O)CCC(C)(C)CC2)c1Cl. The first-order valence-corrected chi connectivity index (χ1v) is 7.86. The van der Waals surface area contributed by atoms with Crippen LogP contribution in [0.1, 0.15) is 55.5 Å². The number of rotatable bonds is 3. The zero-order valence-electron chi connectivity index (χ0n) is 13.0. The minimum atomic E-state index is -0.790. The molecule has 0 radical (unpaired) electrons. The Morgan fingerprint density at radius 2 is 1.90 bits per heavy atom. The first-order valence-electron chi connectivity index (χ1n) is 7.48. The number of carbonyl (C=O) groups is 1. The van der Waals surface area contributed by atoms with Gasteiger partial charge in [0.25, 0.3) is 5.91 Å². The van der Waals surface area contributed by atoms with Crippen molar-refractivity contribution in [2.45, 2.75) is 52.1 Å². The average Bonchev–Trinajstić information content (AvgIpc) is 2.43. The Labute approximate surface area is 131 Å². The van der Waals surface area contributed by atoms with E-state index in [-0.39, 0.29) is 17.9 Å². The second-order valence-corrected chi connectivity index (χ2v) is 7.39. The zero-order valence-corrected chi connectivity index (χ0v) is 13.8. The summed E-state index contributed by atoms with van der Waals surface area (Å²) in [6, 6.07) is 5.39. The van der Waals surface area contributed by atoms with Crippen LogP contribution in [0, 0.1) is 12.3 Å². The Morgan fingerprint density at radius 1 is 1.29 bits per heavy atom. The molecule has 0 unspecified atom stereocenters. The molecular formula is C17H24ClNO2. The van der Waals surface area contributed by atoms with E-state index in [1.165, 1.54) is 0 Å². The van der Waals surface area contributed by atoms with Gasteiger partial charge in [-0.1, -0.05) is 37.6 Å². The molecule has 1 aromatic carbocycles. The van der Waals surface area contributed by atoms with Crippen LogP contribution in [-0.4, -0.2) is 23.2 Å². The minimum absolute atomic E-state index is 0.220. The third-order valence-electron chi connectivity index (χ3n) is 4.55. The van der Waals surface area contributed by atoms with Gasteiger partial charge in [0.05, 0.1) is 16.2 Å². The standard InChI is InChI=1S/C17H24ClNO2/c1-12-5-4-6-13(14(12)18)15(20)19-11-17(21)9-7-16(2,3)8-10-17/h4-6,21H,7-11H2,1-3H3,(H,19,20). The highest BCUT2D eigenvalue weighted by molar-refractivity contribution is 6.34. The second-order valence-electron chi connectivity index (χ2n) is 7.01. The quantitative estimate of drug-likeness (QED) is 0.894. The Bertz CT molecular complexity index is 530. The molecule has 1 fully saturated rings. The molecule has 1 aliphatic rings. The Balaban J connectivity index is 1.97. The van der Waals surface area contributed by atoms with Crippen LogP contribution in [-0.2, 0) is 0 Å². The van der Waals surface area contributed by atoms with Crippen LogP contribution in [0.3, 0.4) is 0 Å². The first-order chi connectivity index (χ1) is 9.72. The number of carbonyl (C=O) groups excluding carboxylic acids is 1. The van der Waals surface area contributed by atoms with Crippen LogP contribution in [0.5, 0.6) is 0 Å². The predicted molar refractivity (Wildman–Crippen MR) is 85.7 cm³/mol. The number of hydrogen-bond acceptors (Lipinski definition) is 2. The van der Waals surface area contributed by atoms with Crippen molar-refractivity contribution in [1.82, 2.24) is 5.32 Å². The summed E-state index contributed by atoms with van der Waals surface area (Å²) < 4.78 is 0. The van der Waals surface area contributed by atoms with Crippen molar-refractivity contribution < 1.29 is 9.90 Å². The fourth-order valence-electron chi connectivity index (χ4n) is 2.73. The maximum Gasteiger partial charge on any atom is 0.252 e. The molecule has 0 spiro atoms. The van der Waals surface area contributed by atoms with Crippen molar-refractivity contribution in [1.29, 1.82) is 0 Å². The van der Waals surface area contributed by atoms with E-state index in [0.29, 0.717) is 10.6 Å². The molecule has 1 aromatic rings. The van der Waals surface area contributed by atoms with Crippen molar-refractivity contribution in [3.63, 3.8) is 0 Å². The number of amides is 1. The maximum atomic E-state index is 12.2. The molecule has 1 aliphatic carbocycles. The van der Waals surface area contributed by atoms with Crippen LogP contribution < -0.4 is 5.32 Å². The van der Waals surface area contributed by atoms with E-state index in [1.807, 2.05) is 19.1 Å². The van der Waals surface area contributed by atoms with Gasteiger partial charge in [-0.2, -0.15) is 0 Å². The molecule has 116 valence electrons. The lowest BCUT2D eigenvalue weighted by molar-refractivity contribution is -0.0233. The minimum Gasteiger partial charge on any atom is -0.388 e. The van der Waals surface area contributed by atoms with E-state index in [2.05, 4.69) is 19.2 Å². The largest absolute Gasteiger partial charge is 0.388 e. The van der Waals surface area contributed by atoms with Crippen LogP contribution in [0.15, 0.2) is 18.2 Å². The van der Waals surface area contributed by atoms with Gasteiger partial charge in [0.2, 0.25) is 0 Å². The topological polar surface area (TPSA) is 49.3 Å². The van der Waals surface area contributed by atoms with Crippen molar-refractivity contribution in [2.75, 3.05) is 6.54 Å². The lowest BCUT2D eigenvalue weighted by Crippen LogP contribution is -2.46. The summed E-state index contributed by atoms with van der Waals surface area (Å²) in [4.78, 5) is 12.2. The van der Waals surface area contributed by atoms with Crippen LogP contribution in [0.25, 0.3) is 0 Å². The second kappa shape index (κ2) is 5.98. The number of benzene rings is 1. The van der Waals surface area contributed by atoms with E-state index in [0.717, 1.165) is 31.2 Å². The molecular weight excluding hydrogens is 286 g/mol. The first kappa shape index (κ1) is 16.3. The predicted octanol–water partition coefficient (Wildman–Crippen LogP) is 3.71. The third-order valence-corrected chi connectivity index (χ3v) is 5.05. The molecule has 1 saturated carbocycles. The molecule has 4 heteroatoms. The molecule has 0 atom stereocenters. The monoisotopic (exact) mass is 309 g/mol. The van der Waals surface area contributed by atoms with E-state index in [1.54, 1.807) is 6.07 Å². The number of aryl methyl sites for hydroxylation is 1. The smallest absolute Gasteiger partial charge is 0.252 e. The average molecular weight is 310 g/mol. The van der Waals surface area contributed by atoms with E-state index in [4.69, 9.17) is 11.6 Å². The molecule has 2 rings (SSSR count). The van der Waals surface area contributed by atoms with E-state index >= 15 is 0 Å². The van der Waals surface area contributed by atoms with Crippen LogP contribution >= 0.6 is 11.6 Å². The Hall–Kier alpha value is -1.06. The molecule has 0 aliphatic heterocycles. The highest BCUT2D eigenvalue weighted by Crippen LogP contribution is 2.39. The van der Waals surface area contributed by atoms with Gasteiger partial charge in [-0.25, -0.2) is 0 Å².